The SMILES string of the molecule is COC(C)(C)CC(NC1CCCCCC1)C(=O)O. The Morgan fingerprint density at radius 2 is 1.89 bits per heavy atom. The first kappa shape index (κ1) is 15.4. The summed E-state index contributed by atoms with van der Waals surface area (Å²) in [5.41, 5.74) is -0.402. The highest BCUT2D eigenvalue weighted by Gasteiger charge is 2.29. The lowest BCUT2D eigenvalue weighted by Gasteiger charge is -2.29. The van der Waals surface area contributed by atoms with E-state index in [1.165, 1.54) is 25.7 Å². The number of hydrogen-bond donors (Lipinski definition) is 2. The summed E-state index contributed by atoms with van der Waals surface area (Å²) in [4.78, 5) is 11.3. The molecule has 4 nitrogen and oxygen atoms in total. The van der Waals surface area contributed by atoms with Crippen LogP contribution in [0.1, 0.15) is 58.8 Å². The van der Waals surface area contributed by atoms with E-state index >= 15 is 0 Å². The fraction of sp³-hybridized carbons (Fsp3) is 0.929. The van der Waals surface area contributed by atoms with Gasteiger partial charge in [0, 0.05) is 19.6 Å². The summed E-state index contributed by atoms with van der Waals surface area (Å²) in [6.07, 6.45) is 7.65. The molecular weight excluding hydrogens is 230 g/mol. The largest absolute Gasteiger partial charge is 0.480 e. The lowest BCUT2D eigenvalue weighted by Crippen LogP contribution is -2.47. The van der Waals surface area contributed by atoms with E-state index in [2.05, 4.69) is 5.32 Å². The van der Waals surface area contributed by atoms with Crippen LogP contribution in [0.15, 0.2) is 0 Å². The second kappa shape index (κ2) is 7.10. The first-order valence-corrected chi connectivity index (χ1v) is 6.98. The Bertz CT molecular complexity index is 258. The van der Waals surface area contributed by atoms with Crippen molar-refractivity contribution in [1.29, 1.82) is 0 Å². The van der Waals surface area contributed by atoms with Crippen molar-refractivity contribution >= 4 is 5.97 Å². The third-order valence-electron chi connectivity index (χ3n) is 3.84. The maximum absolute atomic E-state index is 11.3. The molecule has 18 heavy (non-hydrogen) atoms. The van der Waals surface area contributed by atoms with Crippen molar-refractivity contribution in [2.24, 2.45) is 0 Å². The molecule has 0 saturated heterocycles. The summed E-state index contributed by atoms with van der Waals surface area (Å²) in [6, 6.07) is -0.163. The fourth-order valence-corrected chi connectivity index (χ4v) is 2.52. The number of nitrogens with one attached hydrogen (secondary N) is 1. The molecule has 1 aliphatic carbocycles. The van der Waals surface area contributed by atoms with E-state index in [1.54, 1.807) is 7.11 Å². The monoisotopic (exact) mass is 257 g/mol. The first-order valence-electron chi connectivity index (χ1n) is 6.98. The lowest BCUT2D eigenvalue weighted by atomic mass is 9.97. The summed E-state index contributed by atoms with van der Waals surface area (Å²) in [5, 5.41) is 12.6. The highest BCUT2D eigenvalue weighted by molar-refractivity contribution is 5.73. The molecule has 0 radical (unpaired) electrons. The highest BCUT2D eigenvalue weighted by atomic mass is 16.5. The van der Waals surface area contributed by atoms with Crippen molar-refractivity contribution in [3.05, 3.63) is 0 Å². The maximum atomic E-state index is 11.3. The minimum atomic E-state index is -0.774. The van der Waals surface area contributed by atoms with Crippen molar-refractivity contribution < 1.29 is 14.6 Å². The Kier molecular flexibility index (Phi) is 6.09. The Morgan fingerprint density at radius 3 is 2.33 bits per heavy atom. The molecule has 2 N–H and O–H groups in total. The van der Waals surface area contributed by atoms with Crippen LogP contribution in [0.5, 0.6) is 0 Å². The molecule has 0 aromatic rings. The summed E-state index contributed by atoms with van der Waals surface area (Å²) < 4.78 is 5.33. The molecule has 0 aromatic carbocycles. The number of methoxy groups -OCH3 is 1. The molecule has 1 unspecified atom stereocenters. The molecule has 0 aliphatic heterocycles. The third-order valence-corrected chi connectivity index (χ3v) is 3.84. The summed E-state index contributed by atoms with van der Waals surface area (Å²) >= 11 is 0. The molecule has 0 aromatic heterocycles. The molecule has 1 atom stereocenters. The quantitative estimate of drug-likeness (QED) is 0.718. The second-order valence-electron chi connectivity index (χ2n) is 5.91. The Hall–Kier alpha value is -0.610. The van der Waals surface area contributed by atoms with E-state index in [0.717, 1.165) is 12.8 Å². The standard InChI is InChI=1S/C14H27NO3/c1-14(2,18-3)10-12(13(16)17)15-11-8-6-4-5-7-9-11/h11-12,15H,4-10H2,1-3H3,(H,16,17). The van der Waals surface area contributed by atoms with Crippen molar-refractivity contribution in [1.82, 2.24) is 5.32 Å². The number of carboxylic acid groups (broad SMARTS) is 1. The number of aliphatic carboxylic acids is 1. The molecule has 0 heterocycles. The van der Waals surface area contributed by atoms with Gasteiger partial charge in [-0.15, -0.1) is 0 Å². The zero-order valence-corrected chi connectivity index (χ0v) is 11.9. The number of carbonyl (C=O) groups is 1. The molecule has 1 aliphatic rings. The van der Waals surface area contributed by atoms with Gasteiger partial charge >= 0.3 is 5.97 Å². The summed E-state index contributed by atoms with van der Waals surface area (Å²) in [5.74, 6) is -0.774. The molecule has 106 valence electrons. The van der Waals surface area contributed by atoms with Gasteiger partial charge in [-0.1, -0.05) is 25.7 Å². The Morgan fingerprint density at radius 1 is 1.33 bits per heavy atom. The van der Waals surface area contributed by atoms with Gasteiger partial charge in [-0.3, -0.25) is 4.79 Å². The van der Waals surface area contributed by atoms with Gasteiger partial charge in [0.05, 0.1) is 5.60 Å². The molecule has 0 bridgehead atoms. The van der Waals surface area contributed by atoms with E-state index < -0.39 is 17.6 Å². The third kappa shape index (κ3) is 5.36. The van der Waals surface area contributed by atoms with E-state index in [9.17, 15) is 9.90 Å². The minimum Gasteiger partial charge on any atom is -0.480 e. The Labute approximate surface area is 110 Å². The van der Waals surface area contributed by atoms with Crippen molar-refractivity contribution in [2.45, 2.75) is 76.5 Å². The molecule has 0 spiro atoms. The van der Waals surface area contributed by atoms with Crippen LogP contribution in [-0.4, -0.2) is 35.9 Å². The van der Waals surface area contributed by atoms with Crippen molar-refractivity contribution in [3.8, 4) is 0 Å². The number of hydrogen-bond acceptors (Lipinski definition) is 3. The van der Waals surface area contributed by atoms with Crippen LogP contribution in [0, 0.1) is 0 Å². The van der Waals surface area contributed by atoms with Crippen molar-refractivity contribution in [2.75, 3.05) is 7.11 Å². The zero-order valence-electron chi connectivity index (χ0n) is 11.9. The van der Waals surface area contributed by atoms with Gasteiger partial charge in [0.2, 0.25) is 0 Å². The molecule has 1 saturated carbocycles. The smallest absolute Gasteiger partial charge is 0.320 e. The van der Waals surface area contributed by atoms with Gasteiger partial charge < -0.3 is 15.2 Å². The van der Waals surface area contributed by atoms with Gasteiger partial charge in [0.25, 0.3) is 0 Å². The fourth-order valence-electron chi connectivity index (χ4n) is 2.52. The maximum Gasteiger partial charge on any atom is 0.320 e. The van der Waals surface area contributed by atoms with Crippen molar-refractivity contribution in [3.63, 3.8) is 0 Å². The van der Waals surface area contributed by atoms with E-state index in [4.69, 9.17) is 4.74 Å². The van der Waals surface area contributed by atoms with E-state index in [1.807, 2.05) is 13.8 Å². The van der Waals surface area contributed by atoms with Crippen LogP contribution < -0.4 is 5.32 Å². The molecule has 1 rings (SSSR count). The van der Waals surface area contributed by atoms with E-state index in [0.29, 0.717) is 12.5 Å². The molecule has 4 heteroatoms. The average Bonchev–Trinajstić information content (AvgIpc) is 2.56. The average molecular weight is 257 g/mol. The predicted octanol–water partition coefficient (Wildman–Crippen LogP) is 2.57. The topological polar surface area (TPSA) is 58.6 Å². The zero-order chi connectivity index (χ0) is 13.6. The van der Waals surface area contributed by atoms with E-state index in [-0.39, 0.29) is 0 Å². The van der Waals surface area contributed by atoms with Crippen LogP contribution in [0.2, 0.25) is 0 Å². The predicted molar refractivity (Wildman–Crippen MR) is 71.8 cm³/mol. The first-order chi connectivity index (χ1) is 8.44. The number of ether oxygens (including phenoxy) is 1. The highest BCUT2D eigenvalue weighted by Crippen LogP contribution is 2.20. The summed E-state index contributed by atoms with van der Waals surface area (Å²) in [6.45, 7) is 3.86. The van der Waals surface area contributed by atoms with Crippen LogP contribution in [-0.2, 0) is 9.53 Å². The summed E-state index contributed by atoms with van der Waals surface area (Å²) in [7, 11) is 1.63. The molecular formula is C14H27NO3. The lowest BCUT2D eigenvalue weighted by molar-refractivity contribution is -0.141. The van der Waals surface area contributed by atoms with Crippen LogP contribution >= 0.6 is 0 Å². The van der Waals surface area contributed by atoms with Gasteiger partial charge in [0.1, 0.15) is 6.04 Å². The van der Waals surface area contributed by atoms with Crippen LogP contribution in [0.4, 0.5) is 0 Å². The van der Waals surface area contributed by atoms with Gasteiger partial charge in [-0.05, 0) is 26.7 Å². The normalized spacial score (nSPS) is 20.4. The van der Waals surface area contributed by atoms with Crippen LogP contribution in [0.25, 0.3) is 0 Å². The van der Waals surface area contributed by atoms with Gasteiger partial charge in [-0.25, -0.2) is 0 Å². The molecule has 1 fully saturated rings. The number of carboxylic acids is 1. The second-order valence-corrected chi connectivity index (χ2v) is 5.91. The van der Waals surface area contributed by atoms with Gasteiger partial charge in [0.15, 0.2) is 0 Å². The van der Waals surface area contributed by atoms with Gasteiger partial charge in [-0.2, -0.15) is 0 Å². The molecule has 0 amide bonds. The van der Waals surface area contributed by atoms with Crippen LogP contribution in [0.3, 0.4) is 0 Å². The Balaban J connectivity index is 2.53. The minimum absolute atomic E-state index is 0.348. The number of rotatable bonds is 6.